The number of halogens is 1. The molecule has 0 aliphatic rings. The summed E-state index contributed by atoms with van der Waals surface area (Å²) in [6.07, 6.45) is 0. The van der Waals surface area contributed by atoms with Gasteiger partial charge in [-0.25, -0.2) is 0 Å². The predicted molar refractivity (Wildman–Crippen MR) is 79.4 cm³/mol. The summed E-state index contributed by atoms with van der Waals surface area (Å²) in [6, 6.07) is 7.41. The lowest BCUT2D eigenvalue weighted by Gasteiger charge is -2.20. The summed E-state index contributed by atoms with van der Waals surface area (Å²) in [6.45, 7) is 2.21. The summed E-state index contributed by atoms with van der Waals surface area (Å²) in [4.78, 5) is 25.1. The Morgan fingerprint density at radius 3 is 2.67 bits per heavy atom. The number of rotatable bonds is 4. The highest BCUT2D eigenvalue weighted by Crippen LogP contribution is 2.10. The molecule has 0 saturated heterocycles. The van der Waals surface area contributed by atoms with Gasteiger partial charge in [-0.05, 0) is 40.8 Å². The SMILES string of the molecule is CNC(=O)C(C)CN(C)C(=O)c1cccc(I)c1. The van der Waals surface area contributed by atoms with Crippen molar-refractivity contribution >= 4 is 34.4 Å². The van der Waals surface area contributed by atoms with E-state index in [2.05, 4.69) is 27.9 Å². The fourth-order valence-electron chi connectivity index (χ4n) is 1.66. The maximum atomic E-state index is 12.1. The average Bonchev–Trinajstić information content (AvgIpc) is 2.36. The third-order valence-corrected chi connectivity index (χ3v) is 3.33. The molecule has 4 nitrogen and oxygen atoms in total. The van der Waals surface area contributed by atoms with Gasteiger partial charge in [-0.15, -0.1) is 0 Å². The van der Waals surface area contributed by atoms with Crippen LogP contribution in [0.4, 0.5) is 0 Å². The molecule has 0 aliphatic carbocycles. The van der Waals surface area contributed by atoms with Crippen LogP contribution >= 0.6 is 22.6 Å². The van der Waals surface area contributed by atoms with Crippen molar-refractivity contribution in [3.63, 3.8) is 0 Å². The van der Waals surface area contributed by atoms with Crippen molar-refractivity contribution in [2.75, 3.05) is 20.6 Å². The number of benzene rings is 1. The van der Waals surface area contributed by atoms with Crippen molar-refractivity contribution in [3.05, 3.63) is 33.4 Å². The van der Waals surface area contributed by atoms with Crippen molar-refractivity contribution in [3.8, 4) is 0 Å². The van der Waals surface area contributed by atoms with E-state index in [4.69, 9.17) is 0 Å². The number of amides is 2. The summed E-state index contributed by atoms with van der Waals surface area (Å²) in [5, 5.41) is 2.58. The summed E-state index contributed by atoms with van der Waals surface area (Å²) in [7, 11) is 3.31. The molecule has 1 aromatic rings. The number of hydrogen-bond acceptors (Lipinski definition) is 2. The largest absolute Gasteiger partial charge is 0.359 e. The Kier molecular flexibility index (Phi) is 5.58. The molecule has 1 unspecified atom stereocenters. The Labute approximate surface area is 121 Å². The number of nitrogens with zero attached hydrogens (tertiary/aromatic N) is 1. The lowest BCUT2D eigenvalue weighted by Crippen LogP contribution is -2.37. The van der Waals surface area contributed by atoms with Gasteiger partial charge >= 0.3 is 0 Å². The molecule has 18 heavy (non-hydrogen) atoms. The monoisotopic (exact) mass is 360 g/mol. The van der Waals surface area contributed by atoms with Crippen LogP contribution in [0.3, 0.4) is 0 Å². The Morgan fingerprint density at radius 2 is 2.11 bits per heavy atom. The van der Waals surface area contributed by atoms with Crippen LogP contribution in [0.25, 0.3) is 0 Å². The van der Waals surface area contributed by atoms with Gasteiger partial charge in [0.05, 0.1) is 5.92 Å². The van der Waals surface area contributed by atoms with E-state index < -0.39 is 0 Å². The van der Waals surface area contributed by atoms with Crippen LogP contribution in [-0.2, 0) is 4.79 Å². The number of nitrogens with one attached hydrogen (secondary N) is 1. The zero-order chi connectivity index (χ0) is 13.7. The Bertz CT molecular complexity index is 448. The number of hydrogen-bond donors (Lipinski definition) is 1. The first-order chi connectivity index (χ1) is 8.45. The predicted octanol–water partition coefficient (Wildman–Crippen LogP) is 1.75. The molecule has 0 fully saturated rings. The number of carbonyl (C=O) groups excluding carboxylic acids is 2. The molecule has 5 heteroatoms. The second kappa shape index (κ2) is 6.72. The van der Waals surface area contributed by atoms with Gasteiger partial charge in [-0.1, -0.05) is 13.0 Å². The van der Waals surface area contributed by atoms with E-state index in [0.717, 1.165) is 3.57 Å². The molecule has 0 bridgehead atoms. The van der Waals surface area contributed by atoms with E-state index in [9.17, 15) is 9.59 Å². The van der Waals surface area contributed by atoms with Crippen molar-refractivity contribution < 1.29 is 9.59 Å². The second-order valence-electron chi connectivity index (χ2n) is 4.21. The van der Waals surface area contributed by atoms with Gasteiger partial charge in [-0.2, -0.15) is 0 Å². The quantitative estimate of drug-likeness (QED) is 0.832. The highest BCUT2D eigenvalue weighted by Gasteiger charge is 2.18. The van der Waals surface area contributed by atoms with E-state index in [1.165, 1.54) is 0 Å². The molecule has 1 N–H and O–H groups in total. The van der Waals surface area contributed by atoms with Gasteiger partial charge in [0.25, 0.3) is 5.91 Å². The fourth-order valence-corrected chi connectivity index (χ4v) is 2.21. The first-order valence-electron chi connectivity index (χ1n) is 5.68. The lowest BCUT2D eigenvalue weighted by molar-refractivity contribution is -0.124. The van der Waals surface area contributed by atoms with E-state index in [-0.39, 0.29) is 17.7 Å². The van der Waals surface area contributed by atoms with Crippen LogP contribution in [0, 0.1) is 9.49 Å². The van der Waals surface area contributed by atoms with E-state index >= 15 is 0 Å². The second-order valence-corrected chi connectivity index (χ2v) is 5.46. The molecule has 0 aromatic heterocycles. The first kappa shape index (κ1) is 14.9. The summed E-state index contributed by atoms with van der Waals surface area (Å²) in [5.74, 6) is -0.340. The molecule has 0 saturated carbocycles. The zero-order valence-electron chi connectivity index (χ0n) is 10.7. The summed E-state index contributed by atoms with van der Waals surface area (Å²) >= 11 is 2.17. The van der Waals surface area contributed by atoms with Gasteiger partial charge in [0.1, 0.15) is 0 Å². The maximum absolute atomic E-state index is 12.1. The van der Waals surface area contributed by atoms with Crippen LogP contribution in [0.15, 0.2) is 24.3 Å². The van der Waals surface area contributed by atoms with Crippen LogP contribution in [-0.4, -0.2) is 37.4 Å². The molecule has 1 atom stereocenters. The molecule has 0 radical (unpaired) electrons. The number of carbonyl (C=O) groups is 2. The molecule has 0 heterocycles. The molecule has 1 aromatic carbocycles. The lowest BCUT2D eigenvalue weighted by atomic mass is 10.1. The van der Waals surface area contributed by atoms with Gasteiger partial charge in [0.2, 0.25) is 5.91 Å². The third-order valence-electron chi connectivity index (χ3n) is 2.66. The zero-order valence-corrected chi connectivity index (χ0v) is 12.9. The van der Waals surface area contributed by atoms with Crippen molar-refractivity contribution in [2.24, 2.45) is 5.92 Å². The molecule has 0 spiro atoms. The highest BCUT2D eigenvalue weighted by atomic mass is 127. The van der Waals surface area contributed by atoms with E-state index in [1.807, 2.05) is 18.2 Å². The molecule has 2 amide bonds. The molecule has 98 valence electrons. The van der Waals surface area contributed by atoms with Crippen LogP contribution in [0.1, 0.15) is 17.3 Å². The topological polar surface area (TPSA) is 49.4 Å². The summed E-state index contributed by atoms with van der Waals surface area (Å²) in [5.41, 5.74) is 0.647. The van der Waals surface area contributed by atoms with Gasteiger partial charge in [0, 0.05) is 29.8 Å². The van der Waals surface area contributed by atoms with Crippen LogP contribution < -0.4 is 5.32 Å². The maximum Gasteiger partial charge on any atom is 0.253 e. The molecular weight excluding hydrogens is 343 g/mol. The van der Waals surface area contributed by atoms with E-state index in [0.29, 0.717) is 12.1 Å². The summed E-state index contributed by atoms with van der Waals surface area (Å²) < 4.78 is 1.02. The third kappa shape index (κ3) is 3.97. The van der Waals surface area contributed by atoms with Crippen LogP contribution in [0.2, 0.25) is 0 Å². The Morgan fingerprint density at radius 1 is 1.44 bits per heavy atom. The fraction of sp³-hybridized carbons (Fsp3) is 0.385. The average molecular weight is 360 g/mol. The van der Waals surface area contributed by atoms with Crippen molar-refractivity contribution in [2.45, 2.75) is 6.92 Å². The minimum atomic E-state index is -0.216. The van der Waals surface area contributed by atoms with Crippen molar-refractivity contribution in [1.82, 2.24) is 10.2 Å². The Balaban J connectivity index is 2.70. The van der Waals surface area contributed by atoms with Gasteiger partial charge in [-0.3, -0.25) is 9.59 Å². The normalized spacial score (nSPS) is 11.8. The minimum Gasteiger partial charge on any atom is -0.359 e. The molecule has 0 aliphatic heterocycles. The smallest absolute Gasteiger partial charge is 0.253 e. The van der Waals surface area contributed by atoms with Gasteiger partial charge < -0.3 is 10.2 Å². The molecule has 1 rings (SSSR count). The van der Waals surface area contributed by atoms with E-state index in [1.54, 1.807) is 32.0 Å². The highest BCUT2D eigenvalue weighted by molar-refractivity contribution is 14.1. The minimum absolute atomic E-state index is 0.0581. The van der Waals surface area contributed by atoms with Crippen LogP contribution in [0.5, 0.6) is 0 Å². The standard InChI is InChI=1S/C13H17IN2O2/c1-9(12(17)15-2)8-16(3)13(18)10-5-4-6-11(14)7-10/h4-7,9H,8H2,1-3H3,(H,15,17). The van der Waals surface area contributed by atoms with Gasteiger partial charge in [0.15, 0.2) is 0 Å². The molecular formula is C13H17IN2O2. The first-order valence-corrected chi connectivity index (χ1v) is 6.76. The Hall–Kier alpha value is -1.11. The van der Waals surface area contributed by atoms with Crippen molar-refractivity contribution in [1.29, 1.82) is 0 Å².